The second-order valence-corrected chi connectivity index (χ2v) is 5.60. The van der Waals surface area contributed by atoms with Crippen LogP contribution in [-0.2, 0) is 10.3 Å². The topological polar surface area (TPSA) is 47.0 Å². The van der Waals surface area contributed by atoms with E-state index in [1.54, 1.807) is 7.11 Å². The lowest BCUT2D eigenvalue weighted by Crippen LogP contribution is -2.33. The summed E-state index contributed by atoms with van der Waals surface area (Å²) < 4.78 is 6.72. The molecule has 100 valence electrons. The number of nitrogens with zero attached hydrogens (tertiary/aromatic N) is 2. The quantitative estimate of drug-likeness (QED) is 0.929. The summed E-state index contributed by atoms with van der Waals surface area (Å²) in [6, 6.07) is 0. The normalized spacial score (nSPS) is 18.7. The van der Waals surface area contributed by atoms with Gasteiger partial charge < -0.3 is 10.1 Å². The van der Waals surface area contributed by atoms with Crippen molar-refractivity contribution in [1.29, 1.82) is 0 Å². The second kappa shape index (κ2) is 5.53. The number of hydrogen-bond acceptors (Lipinski definition) is 4. The van der Waals surface area contributed by atoms with Gasteiger partial charge in [0.2, 0.25) is 0 Å². The van der Waals surface area contributed by atoms with E-state index in [0.717, 1.165) is 34.7 Å². The van der Waals surface area contributed by atoms with Crippen molar-refractivity contribution in [3.8, 4) is 0 Å². The summed E-state index contributed by atoms with van der Waals surface area (Å²) in [6.45, 7) is 1.99. The highest BCUT2D eigenvalue weighted by Gasteiger charge is 2.37. The number of methoxy groups -OCH3 is 1. The number of ether oxygens (including phenoxy) is 1. The van der Waals surface area contributed by atoms with E-state index >= 15 is 0 Å². The molecule has 1 N–H and O–H groups in total. The number of aryl methyl sites for hydroxylation is 1. The Balaban J connectivity index is 2.45. The van der Waals surface area contributed by atoms with Crippen molar-refractivity contribution in [2.24, 2.45) is 0 Å². The Kier molecular flexibility index (Phi) is 4.22. The third-order valence-corrected chi connectivity index (χ3v) is 4.66. The molecule has 0 spiro atoms. The van der Waals surface area contributed by atoms with E-state index in [4.69, 9.17) is 4.74 Å². The van der Waals surface area contributed by atoms with Crippen LogP contribution in [0.1, 0.15) is 43.6 Å². The molecule has 5 heteroatoms. The molecule has 18 heavy (non-hydrogen) atoms. The van der Waals surface area contributed by atoms with Crippen molar-refractivity contribution >= 4 is 21.7 Å². The first-order valence-electron chi connectivity index (χ1n) is 6.40. The molecule has 0 amide bonds. The second-order valence-electron chi connectivity index (χ2n) is 4.80. The molecule has 0 radical (unpaired) electrons. The zero-order valence-electron chi connectivity index (χ0n) is 11.2. The molecule has 1 saturated carbocycles. The fourth-order valence-corrected chi connectivity index (χ4v) is 2.95. The standard InChI is InChI=1S/C13H20BrN3O/c1-9-10(14)11(15-2)17-12(16-9)13(18-3)7-5-4-6-8-13/h4-8H2,1-3H3,(H,15,16,17). The van der Waals surface area contributed by atoms with Gasteiger partial charge in [0.1, 0.15) is 11.4 Å². The molecule has 1 aliphatic carbocycles. The summed E-state index contributed by atoms with van der Waals surface area (Å²) in [5.41, 5.74) is 0.654. The molecule has 1 heterocycles. The van der Waals surface area contributed by atoms with Crippen LogP contribution in [0.2, 0.25) is 0 Å². The van der Waals surface area contributed by atoms with E-state index in [0.29, 0.717) is 0 Å². The molecular weight excluding hydrogens is 294 g/mol. The number of aromatic nitrogens is 2. The van der Waals surface area contributed by atoms with Crippen LogP contribution in [-0.4, -0.2) is 24.1 Å². The summed E-state index contributed by atoms with van der Waals surface area (Å²) in [4.78, 5) is 9.25. The molecule has 0 atom stereocenters. The minimum absolute atomic E-state index is 0.296. The third kappa shape index (κ3) is 2.38. The Morgan fingerprint density at radius 1 is 1.22 bits per heavy atom. The minimum atomic E-state index is -0.296. The van der Waals surface area contributed by atoms with Crippen molar-refractivity contribution in [2.75, 3.05) is 19.5 Å². The fourth-order valence-electron chi connectivity index (χ4n) is 2.57. The fraction of sp³-hybridized carbons (Fsp3) is 0.692. The zero-order valence-corrected chi connectivity index (χ0v) is 12.8. The van der Waals surface area contributed by atoms with Gasteiger partial charge in [-0.1, -0.05) is 19.3 Å². The van der Waals surface area contributed by atoms with Gasteiger partial charge in [0.25, 0.3) is 0 Å². The van der Waals surface area contributed by atoms with Crippen molar-refractivity contribution in [3.63, 3.8) is 0 Å². The van der Waals surface area contributed by atoms with Crippen molar-refractivity contribution in [2.45, 2.75) is 44.6 Å². The van der Waals surface area contributed by atoms with Gasteiger partial charge in [0.05, 0.1) is 10.2 Å². The highest BCUT2D eigenvalue weighted by atomic mass is 79.9. The van der Waals surface area contributed by atoms with Crippen LogP contribution < -0.4 is 5.32 Å². The van der Waals surface area contributed by atoms with Gasteiger partial charge in [-0.2, -0.15) is 0 Å². The van der Waals surface area contributed by atoms with Gasteiger partial charge in [0.15, 0.2) is 5.82 Å². The Labute approximate surface area is 117 Å². The maximum Gasteiger partial charge on any atom is 0.162 e. The van der Waals surface area contributed by atoms with Gasteiger partial charge in [-0.25, -0.2) is 9.97 Å². The first-order chi connectivity index (χ1) is 8.63. The lowest BCUT2D eigenvalue weighted by Gasteiger charge is -2.34. The van der Waals surface area contributed by atoms with E-state index in [1.165, 1.54) is 19.3 Å². The van der Waals surface area contributed by atoms with Crippen molar-refractivity contribution < 1.29 is 4.74 Å². The van der Waals surface area contributed by atoms with Crippen LogP contribution in [0.15, 0.2) is 4.47 Å². The zero-order chi connectivity index (χ0) is 13.2. The van der Waals surface area contributed by atoms with Crippen LogP contribution in [0.4, 0.5) is 5.82 Å². The number of rotatable bonds is 3. The van der Waals surface area contributed by atoms with Crippen LogP contribution >= 0.6 is 15.9 Å². The molecule has 0 aromatic carbocycles. The highest BCUT2D eigenvalue weighted by Crippen LogP contribution is 2.39. The maximum atomic E-state index is 5.79. The minimum Gasteiger partial charge on any atom is -0.372 e. The summed E-state index contributed by atoms with van der Waals surface area (Å²) in [6.07, 6.45) is 5.66. The van der Waals surface area contributed by atoms with E-state index in [2.05, 4.69) is 31.2 Å². The molecule has 0 unspecified atom stereocenters. The van der Waals surface area contributed by atoms with Crippen LogP contribution in [0, 0.1) is 6.92 Å². The van der Waals surface area contributed by atoms with Gasteiger partial charge in [-0.3, -0.25) is 0 Å². The molecule has 1 aromatic rings. The molecule has 1 fully saturated rings. The van der Waals surface area contributed by atoms with E-state index in [-0.39, 0.29) is 5.60 Å². The Morgan fingerprint density at radius 3 is 2.44 bits per heavy atom. The molecule has 0 aliphatic heterocycles. The lowest BCUT2D eigenvalue weighted by molar-refractivity contribution is -0.0515. The summed E-state index contributed by atoms with van der Waals surface area (Å²) in [5.74, 6) is 1.65. The van der Waals surface area contributed by atoms with Gasteiger partial charge in [-0.05, 0) is 35.7 Å². The summed E-state index contributed by atoms with van der Waals surface area (Å²) in [5, 5.41) is 3.10. The Bertz CT molecular complexity index is 430. The smallest absolute Gasteiger partial charge is 0.162 e. The van der Waals surface area contributed by atoms with Gasteiger partial charge >= 0.3 is 0 Å². The van der Waals surface area contributed by atoms with E-state index in [1.807, 2.05) is 14.0 Å². The summed E-state index contributed by atoms with van der Waals surface area (Å²) in [7, 11) is 3.64. The van der Waals surface area contributed by atoms with Gasteiger partial charge in [0, 0.05) is 14.2 Å². The summed E-state index contributed by atoms with van der Waals surface area (Å²) >= 11 is 3.51. The number of halogens is 1. The predicted molar refractivity (Wildman–Crippen MR) is 75.8 cm³/mol. The SMILES string of the molecule is CNc1nc(C2(OC)CCCCC2)nc(C)c1Br. The predicted octanol–water partition coefficient (Wildman–Crippen LogP) is 3.40. The van der Waals surface area contributed by atoms with E-state index < -0.39 is 0 Å². The highest BCUT2D eigenvalue weighted by molar-refractivity contribution is 9.10. The molecule has 1 aromatic heterocycles. The Morgan fingerprint density at radius 2 is 1.89 bits per heavy atom. The first-order valence-corrected chi connectivity index (χ1v) is 7.20. The third-order valence-electron chi connectivity index (χ3n) is 3.71. The molecule has 2 rings (SSSR count). The van der Waals surface area contributed by atoms with Gasteiger partial charge in [-0.15, -0.1) is 0 Å². The van der Waals surface area contributed by atoms with Crippen molar-refractivity contribution in [3.05, 3.63) is 16.0 Å². The molecule has 1 aliphatic rings. The van der Waals surface area contributed by atoms with Crippen LogP contribution in [0.5, 0.6) is 0 Å². The largest absolute Gasteiger partial charge is 0.372 e. The molecule has 0 bridgehead atoms. The molecule has 0 saturated heterocycles. The molecular formula is C13H20BrN3O. The van der Waals surface area contributed by atoms with Crippen LogP contribution in [0.3, 0.4) is 0 Å². The Hall–Kier alpha value is -0.680. The first kappa shape index (κ1) is 13.7. The van der Waals surface area contributed by atoms with Crippen LogP contribution in [0.25, 0.3) is 0 Å². The lowest BCUT2D eigenvalue weighted by atomic mass is 9.84. The average molecular weight is 314 g/mol. The maximum absolute atomic E-state index is 5.79. The number of nitrogens with one attached hydrogen (secondary N) is 1. The molecule has 4 nitrogen and oxygen atoms in total. The average Bonchev–Trinajstić information content (AvgIpc) is 2.42. The number of anilines is 1. The van der Waals surface area contributed by atoms with E-state index in [9.17, 15) is 0 Å². The van der Waals surface area contributed by atoms with Crippen molar-refractivity contribution in [1.82, 2.24) is 9.97 Å². The monoisotopic (exact) mass is 313 g/mol. The number of hydrogen-bond donors (Lipinski definition) is 1.